The fourth-order valence-electron chi connectivity index (χ4n) is 2.64. The molecule has 0 heterocycles. The molecule has 2 aromatic carbocycles. The highest BCUT2D eigenvalue weighted by molar-refractivity contribution is 5.91. The van der Waals surface area contributed by atoms with Gasteiger partial charge in [0.1, 0.15) is 6.61 Å². The van der Waals surface area contributed by atoms with Gasteiger partial charge in [0.2, 0.25) is 5.75 Å². The standard InChI is InChI=1S/C22H26O7/c1-5-26-18-12-17(13-19(27-6-2)20(18)28-7-3)22(24)29-14-15-9-8-10-16(11-15)21(23)25-4/h8-13H,5-7,14H2,1-4H3. The zero-order valence-electron chi connectivity index (χ0n) is 17.2. The highest BCUT2D eigenvalue weighted by atomic mass is 16.5. The van der Waals surface area contributed by atoms with Crippen LogP contribution in [0.15, 0.2) is 36.4 Å². The maximum atomic E-state index is 12.6. The van der Waals surface area contributed by atoms with Gasteiger partial charge in [-0.15, -0.1) is 0 Å². The molecule has 0 atom stereocenters. The smallest absolute Gasteiger partial charge is 0.338 e. The van der Waals surface area contributed by atoms with E-state index in [1.807, 2.05) is 20.8 Å². The molecule has 7 nitrogen and oxygen atoms in total. The Hall–Kier alpha value is -3.22. The summed E-state index contributed by atoms with van der Waals surface area (Å²) in [5, 5.41) is 0. The Morgan fingerprint density at radius 1 is 0.793 bits per heavy atom. The quantitative estimate of drug-likeness (QED) is 0.555. The summed E-state index contributed by atoms with van der Waals surface area (Å²) in [7, 11) is 1.31. The van der Waals surface area contributed by atoms with Crippen molar-refractivity contribution in [2.45, 2.75) is 27.4 Å². The number of hydrogen-bond acceptors (Lipinski definition) is 7. The SMILES string of the molecule is CCOc1cc(C(=O)OCc2cccc(C(=O)OC)c2)cc(OCC)c1OCC. The largest absolute Gasteiger partial charge is 0.490 e. The van der Waals surface area contributed by atoms with Crippen molar-refractivity contribution in [2.24, 2.45) is 0 Å². The molecule has 0 N–H and O–H groups in total. The molecule has 0 aliphatic rings. The highest BCUT2D eigenvalue weighted by Crippen LogP contribution is 2.39. The molecule has 2 aromatic rings. The topological polar surface area (TPSA) is 80.3 Å². The highest BCUT2D eigenvalue weighted by Gasteiger charge is 2.19. The van der Waals surface area contributed by atoms with Crippen LogP contribution >= 0.6 is 0 Å². The first-order valence-electron chi connectivity index (χ1n) is 9.44. The van der Waals surface area contributed by atoms with Crippen molar-refractivity contribution in [3.05, 3.63) is 53.1 Å². The maximum Gasteiger partial charge on any atom is 0.338 e. The van der Waals surface area contributed by atoms with Gasteiger partial charge in [-0.05, 0) is 50.6 Å². The van der Waals surface area contributed by atoms with E-state index in [-0.39, 0.29) is 12.2 Å². The Balaban J connectivity index is 2.22. The van der Waals surface area contributed by atoms with E-state index in [0.717, 1.165) is 0 Å². The van der Waals surface area contributed by atoms with Crippen LogP contribution in [0.2, 0.25) is 0 Å². The minimum absolute atomic E-state index is 0.00478. The maximum absolute atomic E-state index is 12.6. The van der Waals surface area contributed by atoms with E-state index in [0.29, 0.717) is 48.2 Å². The predicted octanol–water partition coefficient (Wildman–Crippen LogP) is 4.03. The average molecular weight is 402 g/mol. The van der Waals surface area contributed by atoms with Crippen LogP contribution in [0, 0.1) is 0 Å². The predicted molar refractivity (Wildman–Crippen MR) is 107 cm³/mol. The van der Waals surface area contributed by atoms with Crippen LogP contribution in [0.5, 0.6) is 17.2 Å². The van der Waals surface area contributed by atoms with Crippen molar-refractivity contribution in [3.63, 3.8) is 0 Å². The van der Waals surface area contributed by atoms with E-state index in [9.17, 15) is 9.59 Å². The minimum atomic E-state index is -0.543. The van der Waals surface area contributed by atoms with Crippen LogP contribution in [0.25, 0.3) is 0 Å². The summed E-state index contributed by atoms with van der Waals surface area (Å²) in [5.74, 6) is 0.296. The number of methoxy groups -OCH3 is 1. The molecule has 0 aliphatic heterocycles. The lowest BCUT2D eigenvalue weighted by Gasteiger charge is -2.17. The zero-order valence-corrected chi connectivity index (χ0v) is 17.2. The second-order valence-corrected chi connectivity index (χ2v) is 5.87. The first kappa shape index (κ1) is 22.1. The molecule has 0 fully saturated rings. The van der Waals surface area contributed by atoms with E-state index >= 15 is 0 Å². The summed E-state index contributed by atoms with van der Waals surface area (Å²) >= 11 is 0. The summed E-state index contributed by atoms with van der Waals surface area (Å²) in [6.07, 6.45) is 0. The van der Waals surface area contributed by atoms with Crippen molar-refractivity contribution in [3.8, 4) is 17.2 Å². The third-order valence-corrected chi connectivity index (χ3v) is 3.86. The van der Waals surface area contributed by atoms with Crippen LogP contribution in [0.1, 0.15) is 47.1 Å². The normalized spacial score (nSPS) is 10.2. The molecule has 0 radical (unpaired) electrons. The minimum Gasteiger partial charge on any atom is -0.490 e. The second-order valence-electron chi connectivity index (χ2n) is 5.87. The van der Waals surface area contributed by atoms with Gasteiger partial charge in [-0.25, -0.2) is 9.59 Å². The molecule has 0 aromatic heterocycles. The lowest BCUT2D eigenvalue weighted by atomic mass is 10.1. The summed E-state index contributed by atoms with van der Waals surface area (Å²) in [5.41, 5.74) is 1.34. The average Bonchev–Trinajstić information content (AvgIpc) is 2.74. The Kier molecular flexibility index (Phi) is 8.33. The molecule has 7 heteroatoms. The van der Waals surface area contributed by atoms with Gasteiger partial charge < -0.3 is 23.7 Å². The number of ether oxygens (including phenoxy) is 5. The molecule has 0 saturated heterocycles. The molecule has 0 amide bonds. The molecule has 0 bridgehead atoms. The zero-order chi connectivity index (χ0) is 21.2. The molecular formula is C22H26O7. The molecular weight excluding hydrogens is 376 g/mol. The fourth-order valence-corrected chi connectivity index (χ4v) is 2.64. The van der Waals surface area contributed by atoms with Crippen LogP contribution in [-0.4, -0.2) is 38.9 Å². The van der Waals surface area contributed by atoms with Gasteiger partial charge in [0.25, 0.3) is 0 Å². The van der Waals surface area contributed by atoms with E-state index in [1.54, 1.807) is 36.4 Å². The van der Waals surface area contributed by atoms with Gasteiger partial charge in [0.15, 0.2) is 11.5 Å². The number of carbonyl (C=O) groups excluding carboxylic acids is 2. The number of carbonyl (C=O) groups is 2. The Morgan fingerprint density at radius 3 is 1.97 bits per heavy atom. The molecule has 156 valence electrons. The van der Waals surface area contributed by atoms with E-state index in [2.05, 4.69) is 0 Å². The van der Waals surface area contributed by atoms with Gasteiger partial charge in [-0.1, -0.05) is 12.1 Å². The van der Waals surface area contributed by atoms with Gasteiger partial charge in [0, 0.05) is 0 Å². The monoisotopic (exact) mass is 402 g/mol. The van der Waals surface area contributed by atoms with Gasteiger partial charge in [-0.2, -0.15) is 0 Å². The lowest BCUT2D eigenvalue weighted by Crippen LogP contribution is -2.09. The van der Waals surface area contributed by atoms with Gasteiger partial charge in [-0.3, -0.25) is 0 Å². The van der Waals surface area contributed by atoms with Crippen molar-refractivity contribution in [1.82, 2.24) is 0 Å². The van der Waals surface area contributed by atoms with Crippen molar-refractivity contribution >= 4 is 11.9 Å². The lowest BCUT2D eigenvalue weighted by molar-refractivity contribution is 0.0471. The summed E-state index contributed by atoms with van der Waals surface area (Å²) in [6, 6.07) is 9.86. The fraction of sp³-hybridized carbons (Fsp3) is 0.364. The number of benzene rings is 2. The summed E-state index contributed by atoms with van der Waals surface area (Å²) in [6.45, 7) is 6.79. The Bertz CT molecular complexity index is 818. The third kappa shape index (κ3) is 5.88. The van der Waals surface area contributed by atoms with Crippen molar-refractivity contribution in [2.75, 3.05) is 26.9 Å². The van der Waals surface area contributed by atoms with Crippen LogP contribution in [0.3, 0.4) is 0 Å². The first-order valence-corrected chi connectivity index (χ1v) is 9.44. The van der Waals surface area contributed by atoms with Gasteiger partial charge >= 0.3 is 11.9 Å². The molecule has 0 unspecified atom stereocenters. The van der Waals surface area contributed by atoms with Crippen molar-refractivity contribution in [1.29, 1.82) is 0 Å². The third-order valence-electron chi connectivity index (χ3n) is 3.86. The van der Waals surface area contributed by atoms with Gasteiger partial charge in [0.05, 0.1) is 38.1 Å². The van der Waals surface area contributed by atoms with Crippen molar-refractivity contribution < 1.29 is 33.3 Å². The molecule has 0 spiro atoms. The Morgan fingerprint density at radius 2 is 1.41 bits per heavy atom. The first-order chi connectivity index (χ1) is 14.0. The summed E-state index contributed by atoms with van der Waals surface area (Å²) < 4.78 is 27.0. The van der Waals surface area contributed by atoms with Crippen LogP contribution < -0.4 is 14.2 Å². The van der Waals surface area contributed by atoms with Crippen LogP contribution in [0.4, 0.5) is 0 Å². The number of rotatable bonds is 10. The van der Waals surface area contributed by atoms with E-state index in [1.165, 1.54) is 7.11 Å². The number of hydrogen-bond donors (Lipinski definition) is 0. The molecule has 2 rings (SSSR count). The molecule has 0 aliphatic carbocycles. The number of esters is 2. The second kappa shape index (κ2) is 10.9. The van der Waals surface area contributed by atoms with E-state index in [4.69, 9.17) is 23.7 Å². The van der Waals surface area contributed by atoms with E-state index < -0.39 is 11.9 Å². The molecule has 29 heavy (non-hydrogen) atoms. The Labute approximate surface area is 170 Å². The molecule has 0 saturated carbocycles. The summed E-state index contributed by atoms with van der Waals surface area (Å²) in [4.78, 5) is 24.2. The van der Waals surface area contributed by atoms with Crippen LogP contribution in [-0.2, 0) is 16.1 Å².